The Morgan fingerprint density at radius 1 is 1.30 bits per heavy atom. The summed E-state index contributed by atoms with van der Waals surface area (Å²) in [7, 11) is 0. The van der Waals surface area contributed by atoms with Crippen LogP contribution in [0.5, 0.6) is 0 Å². The molecule has 1 N–H and O–H groups in total. The molecule has 0 heterocycles. The lowest BCUT2D eigenvalue weighted by Gasteiger charge is -2.14. The molecule has 0 aromatic heterocycles. The van der Waals surface area contributed by atoms with Gasteiger partial charge in [-0.15, -0.1) is 0 Å². The van der Waals surface area contributed by atoms with Crippen molar-refractivity contribution >= 4 is 0 Å². The molecule has 2 nitrogen and oxygen atoms in total. The molecule has 0 saturated carbocycles. The standard InChI is InChI=1S/C8H19NO/c1-5-10-9-8(4)6-7(2)3/h7-9H,5-6H2,1-4H3. The summed E-state index contributed by atoms with van der Waals surface area (Å²) in [4.78, 5) is 5.05. The predicted molar refractivity (Wildman–Crippen MR) is 43.7 cm³/mol. The van der Waals surface area contributed by atoms with Gasteiger partial charge in [0.05, 0.1) is 6.61 Å². The lowest BCUT2D eigenvalue weighted by atomic mass is 10.1. The molecule has 0 amide bonds. The van der Waals surface area contributed by atoms with Crippen molar-refractivity contribution in [1.29, 1.82) is 0 Å². The number of rotatable bonds is 5. The molecule has 0 aromatic rings. The number of hydrogen-bond acceptors (Lipinski definition) is 2. The Kier molecular flexibility index (Phi) is 5.64. The Hall–Kier alpha value is -0.0800. The monoisotopic (exact) mass is 145 g/mol. The molecule has 62 valence electrons. The third kappa shape index (κ3) is 6.05. The zero-order valence-corrected chi connectivity index (χ0v) is 7.48. The second-order valence-corrected chi connectivity index (χ2v) is 3.08. The summed E-state index contributed by atoms with van der Waals surface area (Å²) in [5, 5.41) is 0. The van der Waals surface area contributed by atoms with E-state index in [1.165, 1.54) is 6.42 Å². The SMILES string of the molecule is CCONC(C)CC(C)C. The van der Waals surface area contributed by atoms with Crippen molar-refractivity contribution in [2.45, 2.75) is 40.2 Å². The molecule has 1 atom stereocenters. The van der Waals surface area contributed by atoms with E-state index in [2.05, 4.69) is 26.3 Å². The highest BCUT2D eigenvalue weighted by molar-refractivity contribution is 4.56. The third-order valence-electron chi connectivity index (χ3n) is 1.25. The van der Waals surface area contributed by atoms with Gasteiger partial charge in [0.25, 0.3) is 0 Å². The minimum atomic E-state index is 0.472. The van der Waals surface area contributed by atoms with Gasteiger partial charge >= 0.3 is 0 Å². The number of hydroxylamine groups is 1. The van der Waals surface area contributed by atoms with Crippen molar-refractivity contribution in [2.75, 3.05) is 6.61 Å². The van der Waals surface area contributed by atoms with Crippen LogP contribution >= 0.6 is 0 Å². The van der Waals surface area contributed by atoms with Gasteiger partial charge in [0.2, 0.25) is 0 Å². The Morgan fingerprint density at radius 2 is 1.90 bits per heavy atom. The van der Waals surface area contributed by atoms with Crippen molar-refractivity contribution in [1.82, 2.24) is 5.48 Å². The van der Waals surface area contributed by atoms with E-state index in [4.69, 9.17) is 4.84 Å². The average molecular weight is 145 g/mol. The molecule has 0 spiro atoms. The maximum atomic E-state index is 5.05. The Bertz CT molecular complexity index is 73.7. The molecular formula is C8H19NO. The Labute approximate surface area is 63.9 Å². The summed E-state index contributed by atoms with van der Waals surface area (Å²) in [6, 6.07) is 0.472. The summed E-state index contributed by atoms with van der Waals surface area (Å²) in [6.45, 7) is 9.28. The largest absolute Gasteiger partial charge is 0.302 e. The fourth-order valence-corrected chi connectivity index (χ4v) is 0.981. The smallest absolute Gasteiger partial charge is 0.0654 e. The first-order valence-electron chi connectivity index (χ1n) is 4.04. The first-order valence-corrected chi connectivity index (χ1v) is 4.04. The highest BCUT2D eigenvalue weighted by Gasteiger charge is 2.02. The van der Waals surface area contributed by atoms with Crippen LogP contribution in [0.1, 0.15) is 34.1 Å². The van der Waals surface area contributed by atoms with Crippen LogP contribution in [0.4, 0.5) is 0 Å². The van der Waals surface area contributed by atoms with Crippen molar-refractivity contribution in [2.24, 2.45) is 5.92 Å². The molecule has 0 fully saturated rings. The summed E-state index contributed by atoms with van der Waals surface area (Å²) in [6.07, 6.45) is 1.17. The van der Waals surface area contributed by atoms with E-state index in [9.17, 15) is 0 Å². The quantitative estimate of drug-likeness (QED) is 0.597. The molecule has 0 aromatic carbocycles. The van der Waals surface area contributed by atoms with E-state index in [-0.39, 0.29) is 0 Å². The van der Waals surface area contributed by atoms with Crippen LogP contribution < -0.4 is 5.48 Å². The van der Waals surface area contributed by atoms with Crippen LogP contribution in [-0.4, -0.2) is 12.6 Å². The van der Waals surface area contributed by atoms with Crippen LogP contribution in [0.15, 0.2) is 0 Å². The molecule has 10 heavy (non-hydrogen) atoms. The van der Waals surface area contributed by atoms with Crippen molar-refractivity contribution in [3.05, 3.63) is 0 Å². The van der Waals surface area contributed by atoms with Gasteiger partial charge in [0.1, 0.15) is 0 Å². The Balaban J connectivity index is 3.16. The second kappa shape index (κ2) is 5.69. The van der Waals surface area contributed by atoms with Gasteiger partial charge in [0, 0.05) is 6.04 Å². The van der Waals surface area contributed by atoms with Gasteiger partial charge in [0.15, 0.2) is 0 Å². The van der Waals surface area contributed by atoms with Gasteiger partial charge in [-0.1, -0.05) is 13.8 Å². The summed E-state index contributed by atoms with van der Waals surface area (Å²) in [5.41, 5.74) is 2.96. The van der Waals surface area contributed by atoms with Crippen LogP contribution in [0.2, 0.25) is 0 Å². The van der Waals surface area contributed by atoms with Crippen molar-refractivity contribution < 1.29 is 4.84 Å². The van der Waals surface area contributed by atoms with E-state index in [0.717, 1.165) is 12.5 Å². The van der Waals surface area contributed by atoms with E-state index in [0.29, 0.717) is 6.04 Å². The first kappa shape index (κ1) is 9.92. The Morgan fingerprint density at radius 3 is 2.30 bits per heavy atom. The van der Waals surface area contributed by atoms with Gasteiger partial charge in [-0.3, -0.25) is 0 Å². The van der Waals surface area contributed by atoms with E-state index >= 15 is 0 Å². The molecule has 1 unspecified atom stereocenters. The zero-order valence-electron chi connectivity index (χ0n) is 7.48. The van der Waals surface area contributed by atoms with Crippen molar-refractivity contribution in [3.63, 3.8) is 0 Å². The summed E-state index contributed by atoms with van der Waals surface area (Å²) >= 11 is 0. The topological polar surface area (TPSA) is 21.3 Å². The number of nitrogens with one attached hydrogen (secondary N) is 1. The summed E-state index contributed by atoms with van der Waals surface area (Å²) < 4.78 is 0. The van der Waals surface area contributed by atoms with Crippen molar-refractivity contribution in [3.8, 4) is 0 Å². The average Bonchev–Trinajstić information content (AvgIpc) is 1.82. The highest BCUT2D eigenvalue weighted by atomic mass is 16.6. The third-order valence-corrected chi connectivity index (χ3v) is 1.25. The molecule has 0 bridgehead atoms. The lowest BCUT2D eigenvalue weighted by molar-refractivity contribution is 0.0241. The molecule has 0 saturated heterocycles. The fourth-order valence-electron chi connectivity index (χ4n) is 0.981. The predicted octanol–water partition coefficient (Wildman–Crippen LogP) is 1.96. The molecule has 0 radical (unpaired) electrons. The number of hydrogen-bond donors (Lipinski definition) is 1. The second-order valence-electron chi connectivity index (χ2n) is 3.08. The molecule has 0 aliphatic rings. The van der Waals surface area contributed by atoms with E-state index in [1.54, 1.807) is 0 Å². The molecule has 0 aliphatic carbocycles. The van der Waals surface area contributed by atoms with Gasteiger partial charge in [-0.05, 0) is 26.2 Å². The molecule has 0 rings (SSSR count). The fraction of sp³-hybridized carbons (Fsp3) is 1.00. The maximum Gasteiger partial charge on any atom is 0.0654 e. The molecular weight excluding hydrogens is 126 g/mol. The van der Waals surface area contributed by atoms with Crippen LogP contribution in [-0.2, 0) is 4.84 Å². The summed E-state index contributed by atoms with van der Waals surface area (Å²) in [5.74, 6) is 0.739. The van der Waals surface area contributed by atoms with Gasteiger partial charge < -0.3 is 4.84 Å². The van der Waals surface area contributed by atoms with Crippen LogP contribution in [0.3, 0.4) is 0 Å². The van der Waals surface area contributed by atoms with Gasteiger partial charge in [-0.25, -0.2) is 0 Å². The van der Waals surface area contributed by atoms with E-state index in [1.807, 2.05) is 6.92 Å². The van der Waals surface area contributed by atoms with Gasteiger partial charge in [-0.2, -0.15) is 5.48 Å². The maximum absolute atomic E-state index is 5.05. The first-order chi connectivity index (χ1) is 4.66. The molecule has 2 heteroatoms. The van der Waals surface area contributed by atoms with Crippen LogP contribution in [0, 0.1) is 5.92 Å². The molecule has 0 aliphatic heterocycles. The van der Waals surface area contributed by atoms with Crippen LogP contribution in [0.25, 0.3) is 0 Å². The minimum Gasteiger partial charge on any atom is -0.302 e. The lowest BCUT2D eigenvalue weighted by Crippen LogP contribution is -2.27. The zero-order chi connectivity index (χ0) is 7.98. The minimum absolute atomic E-state index is 0.472. The normalized spacial score (nSPS) is 14.1. The highest BCUT2D eigenvalue weighted by Crippen LogP contribution is 2.02. The van der Waals surface area contributed by atoms with E-state index < -0.39 is 0 Å².